The lowest BCUT2D eigenvalue weighted by molar-refractivity contribution is 0.0512. The Kier molecular flexibility index (Phi) is 6.11. The molecule has 0 saturated heterocycles. The van der Waals surface area contributed by atoms with Crippen molar-refractivity contribution in [2.24, 2.45) is 0 Å². The van der Waals surface area contributed by atoms with E-state index in [1.807, 2.05) is 43.3 Å². The monoisotopic (exact) mass is 451 g/mol. The Bertz CT molecular complexity index is 1210. The summed E-state index contributed by atoms with van der Waals surface area (Å²) in [6.45, 7) is 3.87. The average molecular weight is 452 g/mol. The molecule has 1 aliphatic rings. The van der Waals surface area contributed by atoms with Crippen molar-refractivity contribution in [1.82, 2.24) is 5.16 Å². The van der Waals surface area contributed by atoms with Gasteiger partial charge in [0.1, 0.15) is 5.56 Å². The highest BCUT2D eigenvalue weighted by molar-refractivity contribution is 7.84. The van der Waals surface area contributed by atoms with Crippen LogP contribution in [0.4, 0.5) is 0 Å². The summed E-state index contributed by atoms with van der Waals surface area (Å²) < 4.78 is 22.8. The predicted octanol–water partition coefficient (Wildman–Crippen LogP) is 4.46. The predicted molar refractivity (Wildman–Crippen MR) is 121 cm³/mol. The molecule has 0 spiro atoms. The van der Waals surface area contributed by atoms with E-state index in [2.05, 4.69) is 5.16 Å². The van der Waals surface area contributed by atoms with E-state index in [1.165, 1.54) is 0 Å². The van der Waals surface area contributed by atoms with Crippen LogP contribution in [0.25, 0.3) is 0 Å². The summed E-state index contributed by atoms with van der Waals surface area (Å²) in [6, 6.07) is 14.8. The van der Waals surface area contributed by atoms with Gasteiger partial charge in [0.05, 0.1) is 17.4 Å². The number of nitrogens with zero attached hydrogens (tertiary/aromatic N) is 1. The number of aromatic nitrogens is 1. The molecule has 0 amide bonds. The van der Waals surface area contributed by atoms with E-state index in [-0.39, 0.29) is 29.1 Å². The van der Waals surface area contributed by atoms with Crippen LogP contribution in [-0.4, -0.2) is 34.0 Å². The molecule has 2 aromatic carbocycles. The maximum Gasteiger partial charge on any atom is 0.361 e. The van der Waals surface area contributed by atoms with Gasteiger partial charge in [-0.1, -0.05) is 54.5 Å². The number of hydrogen-bond donors (Lipinski definition) is 0. The Balaban J connectivity index is 1.79. The number of ether oxygens (including phenoxy) is 1. The van der Waals surface area contributed by atoms with Gasteiger partial charge in [-0.25, -0.2) is 4.79 Å². The molecule has 1 unspecified atom stereocenters. The van der Waals surface area contributed by atoms with Gasteiger partial charge in [-0.15, -0.1) is 0 Å². The van der Waals surface area contributed by atoms with Gasteiger partial charge in [0, 0.05) is 22.1 Å². The second-order valence-electron chi connectivity index (χ2n) is 8.24. The molecule has 1 aliphatic carbocycles. The molecular formula is C25H25NO5S. The fraction of sp³-hybridized carbons (Fsp3) is 0.320. The Morgan fingerprint density at radius 3 is 2.41 bits per heavy atom. The topological polar surface area (TPSA) is 86.5 Å². The van der Waals surface area contributed by atoms with E-state index in [1.54, 1.807) is 25.3 Å². The third-order valence-corrected chi connectivity index (χ3v) is 6.88. The van der Waals surface area contributed by atoms with Crippen LogP contribution in [0.5, 0.6) is 0 Å². The molecule has 1 heterocycles. The first-order valence-corrected chi connectivity index (χ1v) is 12.1. The van der Waals surface area contributed by atoms with E-state index >= 15 is 0 Å². The Morgan fingerprint density at radius 1 is 1.09 bits per heavy atom. The highest BCUT2D eigenvalue weighted by Crippen LogP contribution is 2.49. The van der Waals surface area contributed by atoms with Crippen LogP contribution in [0, 0.1) is 0 Å². The highest BCUT2D eigenvalue weighted by Gasteiger charge is 2.47. The van der Waals surface area contributed by atoms with Crippen LogP contribution in [0.1, 0.15) is 70.0 Å². The zero-order valence-corrected chi connectivity index (χ0v) is 19.2. The molecule has 0 radical (unpaired) electrons. The van der Waals surface area contributed by atoms with Crippen molar-refractivity contribution in [2.75, 3.05) is 12.9 Å². The number of ketones is 1. The van der Waals surface area contributed by atoms with Crippen LogP contribution >= 0.6 is 0 Å². The molecule has 1 aromatic heterocycles. The van der Waals surface area contributed by atoms with E-state index in [0.717, 1.165) is 28.9 Å². The second-order valence-corrected chi connectivity index (χ2v) is 9.59. The fourth-order valence-electron chi connectivity index (χ4n) is 3.83. The lowest BCUT2D eigenvalue weighted by Gasteiger charge is -2.13. The van der Waals surface area contributed by atoms with E-state index < -0.39 is 16.8 Å². The van der Waals surface area contributed by atoms with Gasteiger partial charge in [-0.3, -0.25) is 9.00 Å². The van der Waals surface area contributed by atoms with E-state index in [0.29, 0.717) is 17.7 Å². The molecule has 4 rings (SSSR count). The summed E-state index contributed by atoms with van der Waals surface area (Å²) in [5.74, 6) is -0.544. The van der Waals surface area contributed by atoms with Gasteiger partial charge in [-0.2, -0.15) is 0 Å². The van der Waals surface area contributed by atoms with Crippen LogP contribution in [-0.2, 0) is 27.4 Å². The summed E-state index contributed by atoms with van der Waals surface area (Å²) >= 11 is 0. The van der Waals surface area contributed by atoms with Crippen molar-refractivity contribution in [2.45, 2.75) is 43.4 Å². The molecule has 0 aliphatic heterocycles. The Labute approximate surface area is 189 Å². The third kappa shape index (κ3) is 4.17. The average Bonchev–Trinajstić information content (AvgIpc) is 3.36. The fourth-order valence-corrected chi connectivity index (χ4v) is 4.61. The Hall–Kier alpha value is -3.06. The van der Waals surface area contributed by atoms with Crippen molar-refractivity contribution in [3.63, 3.8) is 0 Å². The van der Waals surface area contributed by atoms with Crippen molar-refractivity contribution in [1.29, 1.82) is 0 Å². The first-order valence-electron chi connectivity index (χ1n) is 10.6. The minimum Gasteiger partial charge on any atom is -0.461 e. The van der Waals surface area contributed by atoms with Gasteiger partial charge >= 0.3 is 5.97 Å². The van der Waals surface area contributed by atoms with Crippen LogP contribution in [0.3, 0.4) is 0 Å². The summed E-state index contributed by atoms with van der Waals surface area (Å²) in [4.78, 5) is 27.1. The molecular weight excluding hydrogens is 426 g/mol. The molecule has 0 bridgehead atoms. The summed E-state index contributed by atoms with van der Waals surface area (Å²) in [7, 11) is -1.15. The summed E-state index contributed by atoms with van der Waals surface area (Å²) in [5.41, 5.74) is 1.93. The van der Waals surface area contributed by atoms with Gasteiger partial charge in [0.2, 0.25) is 5.69 Å². The third-order valence-electron chi connectivity index (χ3n) is 5.86. The van der Waals surface area contributed by atoms with Crippen molar-refractivity contribution >= 4 is 22.6 Å². The first-order chi connectivity index (χ1) is 15.4. The molecule has 6 nitrogen and oxygen atoms in total. The SMILES string of the molecule is CCOC(=O)c1noc(C2(C)CC2)c1C(=O)c1ccccc1Cc1ccccc1S(C)=O. The molecule has 166 valence electrons. The number of carbonyl (C=O) groups excluding carboxylic acids is 2. The number of esters is 1. The zero-order valence-electron chi connectivity index (χ0n) is 18.3. The largest absolute Gasteiger partial charge is 0.461 e. The molecule has 7 heteroatoms. The molecule has 1 atom stereocenters. The van der Waals surface area contributed by atoms with Gasteiger partial charge in [0.25, 0.3) is 0 Å². The smallest absolute Gasteiger partial charge is 0.361 e. The lowest BCUT2D eigenvalue weighted by Crippen LogP contribution is -2.16. The molecule has 1 fully saturated rings. The van der Waals surface area contributed by atoms with Crippen molar-refractivity contribution in [3.8, 4) is 0 Å². The number of hydrogen-bond acceptors (Lipinski definition) is 6. The van der Waals surface area contributed by atoms with Crippen molar-refractivity contribution in [3.05, 3.63) is 82.2 Å². The van der Waals surface area contributed by atoms with Crippen LogP contribution < -0.4 is 0 Å². The van der Waals surface area contributed by atoms with E-state index in [9.17, 15) is 13.8 Å². The zero-order chi connectivity index (χ0) is 22.9. The minimum absolute atomic E-state index is 0.0789. The summed E-state index contributed by atoms with van der Waals surface area (Å²) in [5, 5.41) is 3.93. The minimum atomic E-state index is -1.15. The first kappa shape index (κ1) is 22.1. The van der Waals surface area contributed by atoms with Crippen molar-refractivity contribution < 1.29 is 23.1 Å². The second kappa shape index (κ2) is 8.82. The molecule has 3 aromatic rings. The lowest BCUT2D eigenvalue weighted by atomic mass is 9.90. The van der Waals surface area contributed by atoms with Gasteiger partial charge in [0.15, 0.2) is 11.5 Å². The maximum absolute atomic E-state index is 13.8. The molecule has 1 saturated carbocycles. The number of benzene rings is 2. The normalized spacial score (nSPS) is 15.2. The molecule has 0 N–H and O–H groups in total. The highest BCUT2D eigenvalue weighted by atomic mass is 32.2. The standard InChI is InChI=1S/C25H25NO5S/c1-4-30-24(28)21-20(23(31-26-21)25(2)13-14-25)22(27)18-11-7-5-9-16(18)15-17-10-6-8-12-19(17)32(3)29/h5-12H,4,13-15H2,1-3H3. The van der Waals surface area contributed by atoms with Crippen LogP contribution in [0.2, 0.25) is 0 Å². The maximum atomic E-state index is 13.8. The quantitative estimate of drug-likeness (QED) is 0.371. The van der Waals surface area contributed by atoms with Crippen LogP contribution in [0.15, 0.2) is 57.9 Å². The van der Waals surface area contributed by atoms with Gasteiger partial charge < -0.3 is 9.26 Å². The van der Waals surface area contributed by atoms with Gasteiger partial charge in [-0.05, 0) is 43.4 Å². The molecule has 32 heavy (non-hydrogen) atoms. The number of rotatable bonds is 8. The summed E-state index contributed by atoms with van der Waals surface area (Å²) in [6.07, 6.45) is 3.80. The van der Waals surface area contributed by atoms with E-state index in [4.69, 9.17) is 9.26 Å². The Morgan fingerprint density at radius 2 is 1.75 bits per heavy atom. The number of carbonyl (C=O) groups is 2.